The zero-order valence-corrected chi connectivity index (χ0v) is 4.91. The Labute approximate surface area is 55.7 Å². The monoisotopic (exact) mass is 204 g/mol. The molecule has 0 bridgehead atoms. The summed E-state index contributed by atoms with van der Waals surface area (Å²) in [5.74, 6) is 0. The Bertz CT molecular complexity index is 33.2. The second-order valence-electron chi connectivity index (χ2n) is 0.238. The maximum atomic E-state index is 8.36. The van der Waals surface area contributed by atoms with Crippen molar-refractivity contribution in [3.8, 4) is 0 Å². The minimum Gasteiger partial charge on any atom is -0.344 e. The third-order valence-electron chi connectivity index (χ3n) is 0. The topological polar surface area (TPSA) is 133 Å². The summed E-state index contributed by atoms with van der Waals surface area (Å²) in [4.78, 5) is 8.36. The maximum Gasteiger partial charge on any atom is 0.291 e. The van der Waals surface area contributed by atoms with E-state index in [9.17, 15) is 0 Å². The predicted molar refractivity (Wildman–Crippen MR) is 18.8 cm³/mol. The molecule has 7 heteroatoms. The van der Waals surface area contributed by atoms with Crippen LogP contribution in [0.25, 0.3) is 0 Å². The number of hydrogen-bond donors (Lipinski definition) is 3. The standard InChI is InChI=1S/Ag.HNO3.2H3N/c;2-1(3)4;;/h;(H,2,3,4);2*1H3. The van der Waals surface area contributed by atoms with Crippen LogP contribution in [0, 0.1) is 10.1 Å². The van der Waals surface area contributed by atoms with Gasteiger partial charge in [-0.1, -0.05) is 0 Å². The Hall–Kier alpha value is -0.140. The van der Waals surface area contributed by atoms with Crippen LogP contribution >= 0.6 is 0 Å². The minimum absolute atomic E-state index is 0. The van der Waals surface area contributed by atoms with E-state index in [-0.39, 0.29) is 34.7 Å². The van der Waals surface area contributed by atoms with Gasteiger partial charge in [0.2, 0.25) is 0 Å². The fraction of sp³-hybridized carbons (Fsp3) is 0. The molecule has 0 aromatic rings. The van der Waals surface area contributed by atoms with Crippen LogP contribution in [-0.4, -0.2) is 10.3 Å². The summed E-state index contributed by atoms with van der Waals surface area (Å²) in [6.45, 7) is 0. The summed E-state index contributed by atoms with van der Waals surface area (Å²) in [6.07, 6.45) is 0. The van der Waals surface area contributed by atoms with Gasteiger partial charge in [-0.25, -0.2) is 0 Å². The van der Waals surface area contributed by atoms with Gasteiger partial charge in [-0.05, 0) is 0 Å². The molecular weight excluding hydrogens is 198 g/mol. The van der Waals surface area contributed by atoms with Crippen molar-refractivity contribution in [2.45, 2.75) is 0 Å². The second-order valence-corrected chi connectivity index (χ2v) is 0.238. The summed E-state index contributed by atoms with van der Waals surface area (Å²) >= 11 is 0. The Balaban J connectivity index is -0.0000000150. The first kappa shape index (κ1) is 28.8. The zero-order chi connectivity index (χ0) is 3.58. The average molecular weight is 205 g/mol. The van der Waals surface area contributed by atoms with Crippen molar-refractivity contribution in [1.29, 1.82) is 0 Å². The number of rotatable bonds is 0. The molecule has 0 unspecified atom stereocenters. The molecule has 7 N–H and O–H groups in total. The van der Waals surface area contributed by atoms with Crippen molar-refractivity contribution in [3.63, 3.8) is 0 Å². The SMILES string of the molecule is N.N.O=[N+]([O-])O.[Ag]. The van der Waals surface area contributed by atoms with Crippen molar-refractivity contribution in [2.24, 2.45) is 0 Å². The molecule has 0 fully saturated rings. The Morgan fingerprint density at radius 2 is 1.43 bits per heavy atom. The molecule has 7 heavy (non-hydrogen) atoms. The maximum absolute atomic E-state index is 8.36. The Morgan fingerprint density at radius 3 is 1.43 bits per heavy atom. The Kier molecular flexibility index (Phi) is 69.6. The smallest absolute Gasteiger partial charge is 0.291 e. The van der Waals surface area contributed by atoms with E-state index in [1.54, 1.807) is 0 Å². The average Bonchev–Trinajstić information content (AvgIpc) is 0.811. The largest absolute Gasteiger partial charge is 0.344 e. The van der Waals surface area contributed by atoms with E-state index < -0.39 is 5.09 Å². The van der Waals surface area contributed by atoms with Gasteiger partial charge in [0.1, 0.15) is 0 Å². The molecule has 0 spiro atoms. The van der Waals surface area contributed by atoms with Crippen LogP contribution in [0.5, 0.6) is 0 Å². The van der Waals surface area contributed by atoms with Crippen molar-refractivity contribution in [1.82, 2.24) is 12.3 Å². The minimum atomic E-state index is -1.50. The summed E-state index contributed by atoms with van der Waals surface area (Å²) in [7, 11) is 0. The van der Waals surface area contributed by atoms with Crippen LogP contribution < -0.4 is 12.3 Å². The van der Waals surface area contributed by atoms with E-state index in [1.165, 1.54) is 0 Å². The number of hydrogen-bond acceptors (Lipinski definition) is 4. The van der Waals surface area contributed by atoms with Gasteiger partial charge in [-0.2, -0.15) is 0 Å². The van der Waals surface area contributed by atoms with E-state index in [1.807, 2.05) is 0 Å². The van der Waals surface area contributed by atoms with Gasteiger partial charge in [0.15, 0.2) is 0 Å². The van der Waals surface area contributed by atoms with E-state index in [0.717, 1.165) is 0 Å². The summed E-state index contributed by atoms with van der Waals surface area (Å²) in [5.41, 5.74) is 0. The summed E-state index contributed by atoms with van der Waals surface area (Å²) in [5, 5.41) is 13.6. The molecule has 0 heterocycles. The first-order valence-electron chi connectivity index (χ1n) is 0.565. The van der Waals surface area contributed by atoms with Crippen LogP contribution in [0.15, 0.2) is 0 Å². The molecule has 0 aromatic heterocycles. The van der Waals surface area contributed by atoms with Gasteiger partial charge in [0.05, 0.1) is 0 Å². The molecule has 0 aliphatic heterocycles. The van der Waals surface area contributed by atoms with Gasteiger partial charge < -0.3 is 17.5 Å². The van der Waals surface area contributed by atoms with Gasteiger partial charge in [0.25, 0.3) is 5.09 Å². The predicted octanol–water partition coefficient (Wildman–Crippen LogP) is -0.0262. The van der Waals surface area contributed by atoms with Gasteiger partial charge >= 0.3 is 0 Å². The molecular formula is H7AgN3O3. The number of nitrogens with zero attached hydrogens (tertiary/aromatic N) is 1. The van der Waals surface area contributed by atoms with Crippen molar-refractivity contribution in [3.05, 3.63) is 10.1 Å². The van der Waals surface area contributed by atoms with Crippen molar-refractivity contribution < 1.29 is 32.7 Å². The molecule has 0 saturated carbocycles. The third-order valence-corrected chi connectivity index (χ3v) is 0. The second kappa shape index (κ2) is 16.9. The summed E-state index contributed by atoms with van der Waals surface area (Å²) in [6, 6.07) is 0. The van der Waals surface area contributed by atoms with Gasteiger partial charge in [-0.3, -0.25) is 0 Å². The van der Waals surface area contributed by atoms with Gasteiger partial charge in [0, 0.05) is 22.4 Å². The van der Waals surface area contributed by atoms with Crippen LogP contribution in [0.3, 0.4) is 0 Å². The van der Waals surface area contributed by atoms with E-state index in [4.69, 9.17) is 15.3 Å². The normalized spacial score (nSPS) is 3.43. The quantitative estimate of drug-likeness (QED) is 0.290. The van der Waals surface area contributed by atoms with Crippen molar-refractivity contribution in [2.75, 3.05) is 0 Å². The fourth-order valence-electron chi connectivity index (χ4n) is 0. The first-order valence-corrected chi connectivity index (χ1v) is 0.565. The summed E-state index contributed by atoms with van der Waals surface area (Å²) < 4.78 is 0. The van der Waals surface area contributed by atoms with Crippen LogP contribution in [0.1, 0.15) is 0 Å². The molecule has 1 radical (unpaired) electrons. The molecule has 0 amide bonds. The third kappa shape index (κ3) is 4470. The van der Waals surface area contributed by atoms with Crippen LogP contribution in [0.4, 0.5) is 0 Å². The zero-order valence-electron chi connectivity index (χ0n) is 3.43. The van der Waals surface area contributed by atoms with E-state index >= 15 is 0 Å². The van der Waals surface area contributed by atoms with Crippen LogP contribution in [-0.2, 0) is 22.4 Å². The molecule has 6 nitrogen and oxygen atoms in total. The molecule has 0 saturated heterocycles. The van der Waals surface area contributed by atoms with E-state index in [2.05, 4.69) is 0 Å². The molecule has 0 aliphatic rings. The fourth-order valence-corrected chi connectivity index (χ4v) is 0. The Morgan fingerprint density at radius 1 is 1.43 bits per heavy atom. The van der Waals surface area contributed by atoms with E-state index in [0.29, 0.717) is 0 Å². The van der Waals surface area contributed by atoms with Crippen LogP contribution in [0.2, 0.25) is 0 Å². The molecule has 51 valence electrons. The first-order chi connectivity index (χ1) is 1.73. The van der Waals surface area contributed by atoms with Crippen molar-refractivity contribution >= 4 is 0 Å². The molecule has 0 aliphatic carbocycles. The molecule has 0 rings (SSSR count). The van der Waals surface area contributed by atoms with Gasteiger partial charge in [-0.15, -0.1) is 10.1 Å². The molecule has 0 atom stereocenters. The molecule has 0 aromatic carbocycles.